The summed E-state index contributed by atoms with van der Waals surface area (Å²) in [6.45, 7) is 3.00. The second kappa shape index (κ2) is 12.4. The molecule has 1 amide bonds. The van der Waals surface area contributed by atoms with E-state index in [1.165, 1.54) is 0 Å². The molecule has 0 N–H and O–H groups in total. The SMILES string of the molecule is COc1ccc(C(=O)N2CCN(c3ncccc3Cl)CC2)cc1C#Cc1ccc(OCc2ccccc2)cc1. The zero-order valence-electron chi connectivity index (χ0n) is 21.6. The van der Waals surface area contributed by atoms with Crippen molar-refractivity contribution in [3.8, 4) is 23.3 Å². The van der Waals surface area contributed by atoms with Crippen LogP contribution in [0.15, 0.2) is 91.1 Å². The van der Waals surface area contributed by atoms with E-state index < -0.39 is 0 Å². The predicted octanol–water partition coefficient (Wildman–Crippen LogP) is 5.68. The first-order chi connectivity index (χ1) is 19.1. The van der Waals surface area contributed by atoms with E-state index in [1.807, 2.05) is 71.6 Å². The van der Waals surface area contributed by atoms with E-state index in [2.05, 4.69) is 21.7 Å². The minimum absolute atomic E-state index is 0.0348. The van der Waals surface area contributed by atoms with Crippen LogP contribution in [0.5, 0.6) is 11.5 Å². The van der Waals surface area contributed by atoms with Gasteiger partial charge in [-0.25, -0.2) is 4.98 Å². The Balaban J connectivity index is 1.24. The number of amides is 1. The van der Waals surface area contributed by atoms with Gasteiger partial charge in [-0.3, -0.25) is 4.79 Å². The van der Waals surface area contributed by atoms with Crippen molar-refractivity contribution in [2.45, 2.75) is 6.61 Å². The van der Waals surface area contributed by atoms with Crippen molar-refractivity contribution in [3.05, 3.63) is 118 Å². The number of benzene rings is 3. The molecular weight excluding hydrogens is 510 g/mol. The molecule has 0 atom stereocenters. The summed E-state index contributed by atoms with van der Waals surface area (Å²) in [5, 5.41) is 0.616. The summed E-state index contributed by atoms with van der Waals surface area (Å²) in [7, 11) is 1.60. The van der Waals surface area contributed by atoms with Crippen LogP contribution in [0.2, 0.25) is 5.02 Å². The van der Waals surface area contributed by atoms with Gasteiger partial charge in [0, 0.05) is 43.5 Å². The van der Waals surface area contributed by atoms with Crippen LogP contribution in [-0.4, -0.2) is 49.1 Å². The normalized spacial score (nSPS) is 12.9. The number of aromatic nitrogens is 1. The lowest BCUT2D eigenvalue weighted by molar-refractivity contribution is 0.0746. The molecule has 7 heteroatoms. The zero-order valence-corrected chi connectivity index (χ0v) is 22.4. The van der Waals surface area contributed by atoms with Crippen molar-refractivity contribution in [2.24, 2.45) is 0 Å². The number of halogens is 1. The van der Waals surface area contributed by atoms with Crippen LogP contribution in [0.1, 0.15) is 27.0 Å². The fourth-order valence-corrected chi connectivity index (χ4v) is 4.61. The standard InChI is InChI=1S/C32H28ClN3O3/c1-38-30-16-13-27(32(37)36-20-18-35(19-21-36)31-29(33)8-5-17-34-31)22-26(30)12-9-24-10-14-28(15-11-24)39-23-25-6-3-2-4-7-25/h2-8,10-11,13-17,22H,18-21,23H2,1H3. The maximum atomic E-state index is 13.3. The summed E-state index contributed by atoms with van der Waals surface area (Å²) in [5.74, 6) is 8.47. The first-order valence-electron chi connectivity index (χ1n) is 12.7. The Morgan fingerprint density at radius 2 is 1.69 bits per heavy atom. The van der Waals surface area contributed by atoms with Gasteiger partial charge in [-0.15, -0.1) is 0 Å². The van der Waals surface area contributed by atoms with Gasteiger partial charge >= 0.3 is 0 Å². The summed E-state index contributed by atoms with van der Waals surface area (Å²) >= 11 is 6.30. The lowest BCUT2D eigenvalue weighted by Gasteiger charge is -2.35. The third-order valence-electron chi connectivity index (χ3n) is 6.50. The van der Waals surface area contributed by atoms with E-state index in [-0.39, 0.29) is 5.91 Å². The highest BCUT2D eigenvalue weighted by molar-refractivity contribution is 6.32. The first-order valence-corrected chi connectivity index (χ1v) is 13.1. The van der Waals surface area contributed by atoms with Crippen LogP contribution in [0.25, 0.3) is 0 Å². The van der Waals surface area contributed by atoms with Crippen LogP contribution in [0.4, 0.5) is 5.82 Å². The fraction of sp³-hybridized carbons (Fsp3) is 0.188. The van der Waals surface area contributed by atoms with Crippen molar-refractivity contribution in [3.63, 3.8) is 0 Å². The Labute approximate surface area is 233 Å². The van der Waals surface area contributed by atoms with E-state index >= 15 is 0 Å². The highest BCUT2D eigenvalue weighted by Crippen LogP contribution is 2.25. The van der Waals surface area contributed by atoms with E-state index in [1.54, 1.807) is 31.5 Å². The summed E-state index contributed by atoms with van der Waals surface area (Å²) in [4.78, 5) is 21.6. The molecule has 39 heavy (non-hydrogen) atoms. The number of rotatable bonds is 6. The Morgan fingerprint density at radius 1 is 0.923 bits per heavy atom. The summed E-state index contributed by atoms with van der Waals surface area (Å²) in [6.07, 6.45) is 1.73. The Bertz CT molecular complexity index is 1490. The van der Waals surface area contributed by atoms with Crippen molar-refractivity contribution >= 4 is 23.3 Å². The second-order valence-electron chi connectivity index (χ2n) is 9.05. The molecule has 0 saturated carbocycles. The van der Waals surface area contributed by atoms with Crippen molar-refractivity contribution < 1.29 is 14.3 Å². The molecular formula is C32H28ClN3O3. The first kappa shape index (κ1) is 26.1. The topological polar surface area (TPSA) is 54.9 Å². The van der Waals surface area contributed by atoms with E-state index in [4.69, 9.17) is 21.1 Å². The molecule has 1 aliphatic rings. The van der Waals surface area contributed by atoms with Crippen molar-refractivity contribution in [1.82, 2.24) is 9.88 Å². The van der Waals surface area contributed by atoms with E-state index in [0.29, 0.717) is 54.7 Å². The van der Waals surface area contributed by atoms with Gasteiger partial charge in [0.25, 0.3) is 5.91 Å². The molecule has 1 aliphatic heterocycles. The highest BCUT2D eigenvalue weighted by Gasteiger charge is 2.24. The number of hydrogen-bond acceptors (Lipinski definition) is 5. The lowest BCUT2D eigenvalue weighted by Crippen LogP contribution is -2.49. The molecule has 5 rings (SSSR count). The van der Waals surface area contributed by atoms with Crippen LogP contribution in [-0.2, 0) is 6.61 Å². The number of methoxy groups -OCH3 is 1. The molecule has 6 nitrogen and oxygen atoms in total. The molecule has 0 aliphatic carbocycles. The molecule has 0 bridgehead atoms. The fourth-order valence-electron chi connectivity index (χ4n) is 4.37. The average molecular weight is 538 g/mol. The Hall–Kier alpha value is -4.47. The summed E-state index contributed by atoms with van der Waals surface area (Å²) in [6, 6.07) is 26.7. The Morgan fingerprint density at radius 3 is 2.41 bits per heavy atom. The molecule has 1 fully saturated rings. The van der Waals surface area contributed by atoms with Gasteiger partial charge in [0.1, 0.15) is 23.9 Å². The van der Waals surface area contributed by atoms with Gasteiger partial charge in [0.15, 0.2) is 0 Å². The highest BCUT2D eigenvalue weighted by atomic mass is 35.5. The van der Waals surface area contributed by atoms with Gasteiger partial charge in [0.05, 0.1) is 17.7 Å². The van der Waals surface area contributed by atoms with Crippen molar-refractivity contribution in [1.29, 1.82) is 0 Å². The molecule has 0 unspecified atom stereocenters. The van der Waals surface area contributed by atoms with Crippen LogP contribution in [0, 0.1) is 11.8 Å². The monoisotopic (exact) mass is 537 g/mol. The van der Waals surface area contributed by atoms with E-state index in [0.717, 1.165) is 22.7 Å². The number of carbonyl (C=O) groups excluding carboxylic acids is 1. The van der Waals surface area contributed by atoms with Gasteiger partial charge in [-0.05, 0) is 60.2 Å². The molecule has 196 valence electrons. The van der Waals surface area contributed by atoms with Crippen LogP contribution < -0.4 is 14.4 Å². The van der Waals surface area contributed by atoms with Gasteiger partial charge < -0.3 is 19.3 Å². The number of pyridine rings is 1. The summed E-state index contributed by atoms with van der Waals surface area (Å²) in [5.41, 5.74) is 3.19. The van der Waals surface area contributed by atoms with Crippen LogP contribution >= 0.6 is 11.6 Å². The molecule has 4 aromatic rings. The number of hydrogen-bond donors (Lipinski definition) is 0. The molecule has 2 heterocycles. The third-order valence-corrected chi connectivity index (χ3v) is 6.79. The number of anilines is 1. The van der Waals surface area contributed by atoms with Gasteiger partial charge in [0.2, 0.25) is 0 Å². The molecule has 3 aromatic carbocycles. The maximum absolute atomic E-state index is 13.3. The molecule has 1 saturated heterocycles. The number of ether oxygens (including phenoxy) is 2. The van der Waals surface area contributed by atoms with Crippen molar-refractivity contribution in [2.75, 3.05) is 38.2 Å². The summed E-state index contributed by atoms with van der Waals surface area (Å²) < 4.78 is 11.4. The average Bonchev–Trinajstić information content (AvgIpc) is 3.00. The number of piperazine rings is 1. The number of nitrogens with zero attached hydrogens (tertiary/aromatic N) is 3. The van der Waals surface area contributed by atoms with Gasteiger partial charge in [-0.2, -0.15) is 0 Å². The van der Waals surface area contributed by atoms with Gasteiger partial charge in [-0.1, -0.05) is 53.8 Å². The molecule has 0 radical (unpaired) electrons. The second-order valence-corrected chi connectivity index (χ2v) is 9.46. The van der Waals surface area contributed by atoms with E-state index in [9.17, 15) is 4.79 Å². The maximum Gasteiger partial charge on any atom is 0.254 e. The molecule has 0 spiro atoms. The minimum Gasteiger partial charge on any atom is -0.495 e. The minimum atomic E-state index is -0.0348. The Kier molecular flexibility index (Phi) is 8.30. The third kappa shape index (κ3) is 6.51. The largest absolute Gasteiger partial charge is 0.495 e. The number of carbonyl (C=O) groups is 1. The quantitative estimate of drug-likeness (QED) is 0.296. The molecule has 1 aromatic heterocycles. The predicted molar refractivity (Wildman–Crippen MR) is 154 cm³/mol. The van der Waals surface area contributed by atoms with Crippen LogP contribution in [0.3, 0.4) is 0 Å². The lowest BCUT2D eigenvalue weighted by atomic mass is 10.1. The zero-order chi connectivity index (χ0) is 27.0. The smallest absolute Gasteiger partial charge is 0.254 e.